The molecule has 1 aliphatic heterocycles. The van der Waals surface area contributed by atoms with Crippen LogP contribution in [0.25, 0.3) is 6.08 Å². The Morgan fingerprint density at radius 1 is 1.17 bits per heavy atom. The van der Waals surface area contributed by atoms with Crippen LogP contribution in [-0.2, 0) is 4.79 Å². The summed E-state index contributed by atoms with van der Waals surface area (Å²) in [6, 6.07) is 12.6. The molecule has 0 atom stereocenters. The fourth-order valence-corrected chi connectivity index (χ4v) is 3.15. The summed E-state index contributed by atoms with van der Waals surface area (Å²) in [6.45, 7) is 0. The minimum atomic E-state index is -0.425. The van der Waals surface area contributed by atoms with Crippen molar-refractivity contribution in [3.8, 4) is 5.75 Å². The lowest BCUT2D eigenvalue weighted by Crippen LogP contribution is -2.22. The van der Waals surface area contributed by atoms with E-state index in [1.807, 2.05) is 0 Å². The molecule has 120 valence electrons. The summed E-state index contributed by atoms with van der Waals surface area (Å²) < 4.78 is 13.9. The molecule has 2 aromatic rings. The molecular weight excluding hydrogens is 347 g/mol. The van der Waals surface area contributed by atoms with Gasteiger partial charge in [0, 0.05) is 5.56 Å². The molecule has 0 bridgehead atoms. The zero-order chi connectivity index (χ0) is 17.1. The zero-order valence-corrected chi connectivity index (χ0v) is 13.9. The van der Waals surface area contributed by atoms with Crippen LogP contribution >= 0.6 is 24.0 Å². The molecule has 0 radical (unpaired) electrons. The number of amides is 1. The third kappa shape index (κ3) is 3.52. The van der Waals surface area contributed by atoms with Crippen molar-refractivity contribution in [2.24, 2.45) is 5.10 Å². The molecule has 1 heterocycles. The average molecular weight is 358 g/mol. The van der Waals surface area contributed by atoms with Gasteiger partial charge in [0.25, 0.3) is 5.91 Å². The fourth-order valence-electron chi connectivity index (χ4n) is 1.98. The minimum Gasteiger partial charge on any atom is -0.508 e. The number of nitrogens with zero attached hydrogens (tertiary/aromatic N) is 2. The van der Waals surface area contributed by atoms with Crippen molar-refractivity contribution < 1.29 is 14.3 Å². The van der Waals surface area contributed by atoms with Crippen molar-refractivity contribution in [3.63, 3.8) is 0 Å². The van der Waals surface area contributed by atoms with Crippen molar-refractivity contribution in [2.45, 2.75) is 0 Å². The van der Waals surface area contributed by atoms with Gasteiger partial charge in [0.05, 0.1) is 11.1 Å². The first-order chi connectivity index (χ1) is 11.5. The van der Waals surface area contributed by atoms with E-state index in [4.69, 9.17) is 12.2 Å². The SMILES string of the molecule is O=C1/C(=C\c2ccc(O)cc2)SC(=S)N1/N=C/c1ccccc1F. The Morgan fingerprint density at radius 2 is 1.88 bits per heavy atom. The van der Waals surface area contributed by atoms with Gasteiger partial charge in [0.15, 0.2) is 4.32 Å². The van der Waals surface area contributed by atoms with Crippen LogP contribution in [0.1, 0.15) is 11.1 Å². The second-order valence-corrected chi connectivity index (χ2v) is 6.53. The largest absolute Gasteiger partial charge is 0.508 e. The maximum Gasteiger partial charge on any atom is 0.286 e. The number of carbonyl (C=O) groups is 1. The number of phenolic OH excluding ortho intramolecular Hbond substituents is 1. The Bertz CT molecular complexity index is 863. The highest BCUT2D eigenvalue weighted by Gasteiger charge is 2.32. The van der Waals surface area contributed by atoms with Gasteiger partial charge in [-0.3, -0.25) is 4.79 Å². The molecule has 24 heavy (non-hydrogen) atoms. The van der Waals surface area contributed by atoms with Gasteiger partial charge < -0.3 is 5.11 Å². The van der Waals surface area contributed by atoms with E-state index in [0.29, 0.717) is 4.91 Å². The standard InChI is InChI=1S/C17H11FN2O2S2/c18-14-4-2-1-3-12(14)10-19-20-16(22)15(24-17(20)23)9-11-5-7-13(21)8-6-11/h1-10,21H/b15-9+,19-10+. The van der Waals surface area contributed by atoms with Crippen LogP contribution in [0.4, 0.5) is 4.39 Å². The molecule has 1 fully saturated rings. The van der Waals surface area contributed by atoms with Gasteiger partial charge in [-0.25, -0.2) is 4.39 Å². The van der Waals surface area contributed by atoms with E-state index in [-0.39, 0.29) is 21.5 Å². The van der Waals surface area contributed by atoms with E-state index < -0.39 is 5.82 Å². The summed E-state index contributed by atoms with van der Waals surface area (Å²) in [4.78, 5) is 12.8. The average Bonchev–Trinajstić information content (AvgIpc) is 2.83. The van der Waals surface area contributed by atoms with Crippen LogP contribution in [0.5, 0.6) is 5.75 Å². The highest BCUT2D eigenvalue weighted by molar-refractivity contribution is 8.26. The predicted octanol–water partition coefficient (Wildman–Crippen LogP) is 3.77. The molecule has 1 N–H and O–H groups in total. The summed E-state index contributed by atoms with van der Waals surface area (Å²) >= 11 is 6.28. The lowest BCUT2D eigenvalue weighted by atomic mass is 10.2. The Morgan fingerprint density at radius 3 is 2.58 bits per heavy atom. The third-order valence-electron chi connectivity index (χ3n) is 3.18. The maximum atomic E-state index is 13.6. The lowest BCUT2D eigenvalue weighted by molar-refractivity contribution is -0.122. The Balaban J connectivity index is 1.82. The number of hydrogen-bond donors (Lipinski definition) is 1. The molecule has 1 aliphatic rings. The van der Waals surface area contributed by atoms with Gasteiger partial charge in [0.2, 0.25) is 0 Å². The van der Waals surface area contributed by atoms with Crippen LogP contribution < -0.4 is 0 Å². The second-order valence-electron chi connectivity index (χ2n) is 4.85. The van der Waals surface area contributed by atoms with Crippen molar-refractivity contribution in [1.82, 2.24) is 5.01 Å². The summed E-state index contributed by atoms with van der Waals surface area (Å²) in [6.07, 6.45) is 2.93. The van der Waals surface area contributed by atoms with Crippen LogP contribution in [0.3, 0.4) is 0 Å². The highest BCUT2D eigenvalue weighted by Crippen LogP contribution is 2.32. The molecule has 0 spiro atoms. The first-order valence-electron chi connectivity index (χ1n) is 6.90. The highest BCUT2D eigenvalue weighted by atomic mass is 32.2. The Kier molecular flexibility index (Phi) is 4.73. The number of hydrazone groups is 1. The lowest BCUT2D eigenvalue weighted by Gasteiger charge is -2.06. The van der Waals surface area contributed by atoms with Crippen molar-refractivity contribution >= 4 is 46.5 Å². The monoisotopic (exact) mass is 358 g/mol. The van der Waals surface area contributed by atoms with Crippen molar-refractivity contribution in [2.75, 3.05) is 0 Å². The van der Waals surface area contributed by atoms with Gasteiger partial charge in [-0.2, -0.15) is 10.1 Å². The summed E-state index contributed by atoms with van der Waals surface area (Å²) in [5.41, 5.74) is 1.03. The number of halogens is 1. The molecular formula is C17H11FN2O2S2. The fraction of sp³-hybridized carbons (Fsp3) is 0. The molecule has 0 aromatic heterocycles. The number of thioether (sulfide) groups is 1. The number of carbonyl (C=O) groups excluding carboxylic acids is 1. The number of rotatable bonds is 3. The van der Waals surface area contributed by atoms with Crippen LogP contribution in [0, 0.1) is 5.82 Å². The molecule has 1 amide bonds. The summed E-state index contributed by atoms with van der Waals surface area (Å²) in [5, 5.41) is 14.3. The van der Waals surface area contributed by atoms with Gasteiger partial charge in [0.1, 0.15) is 11.6 Å². The van der Waals surface area contributed by atoms with Crippen LogP contribution in [0.2, 0.25) is 0 Å². The molecule has 4 nitrogen and oxygen atoms in total. The third-order valence-corrected chi connectivity index (χ3v) is 4.46. The van der Waals surface area contributed by atoms with Gasteiger partial charge in [-0.15, -0.1) is 0 Å². The maximum absolute atomic E-state index is 13.6. The molecule has 3 rings (SSSR count). The quantitative estimate of drug-likeness (QED) is 0.516. The van der Waals surface area contributed by atoms with Gasteiger partial charge in [-0.1, -0.05) is 42.1 Å². The van der Waals surface area contributed by atoms with E-state index >= 15 is 0 Å². The molecule has 0 saturated carbocycles. The summed E-state index contributed by atoms with van der Waals surface area (Å²) in [7, 11) is 0. The van der Waals surface area contributed by atoms with E-state index in [1.54, 1.807) is 36.4 Å². The van der Waals surface area contributed by atoms with Crippen LogP contribution in [-0.4, -0.2) is 26.6 Å². The predicted molar refractivity (Wildman–Crippen MR) is 97.1 cm³/mol. The normalized spacial score (nSPS) is 16.5. The number of aromatic hydroxyl groups is 1. The zero-order valence-electron chi connectivity index (χ0n) is 12.2. The van der Waals surface area contributed by atoms with Gasteiger partial charge >= 0.3 is 0 Å². The molecule has 7 heteroatoms. The Labute approximate surface area is 147 Å². The minimum absolute atomic E-state index is 0.147. The van der Waals surface area contributed by atoms with E-state index in [1.165, 1.54) is 24.4 Å². The number of benzene rings is 2. The van der Waals surface area contributed by atoms with E-state index in [0.717, 1.165) is 22.3 Å². The first-order valence-corrected chi connectivity index (χ1v) is 8.12. The molecule has 1 saturated heterocycles. The summed E-state index contributed by atoms with van der Waals surface area (Å²) in [5.74, 6) is -0.647. The molecule has 0 unspecified atom stereocenters. The molecule has 0 aliphatic carbocycles. The topological polar surface area (TPSA) is 52.9 Å². The number of hydrogen-bond acceptors (Lipinski definition) is 5. The van der Waals surface area contributed by atoms with Gasteiger partial charge in [-0.05, 0) is 42.1 Å². The van der Waals surface area contributed by atoms with E-state index in [9.17, 15) is 14.3 Å². The first kappa shape index (κ1) is 16.4. The van der Waals surface area contributed by atoms with Crippen LogP contribution in [0.15, 0.2) is 58.5 Å². The number of phenols is 1. The van der Waals surface area contributed by atoms with E-state index in [2.05, 4.69) is 5.10 Å². The van der Waals surface area contributed by atoms with Crippen molar-refractivity contribution in [3.05, 3.63) is 70.4 Å². The van der Waals surface area contributed by atoms with Crippen molar-refractivity contribution in [1.29, 1.82) is 0 Å². The molecule has 2 aromatic carbocycles. The number of thiocarbonyl (C=S) groups is 1. The second kappa shape index (κ2) is 6.94. The smallest absolute Gasteiger partial charge is 0.286 e. The Hall–Kier alpha value is -2.51.